The van der Waals surface area contributed by atoms with Gasteiger partial charge in [-0.3, -0.25) is 4.79 Å². The molecule has 1 fully saturated rings. The van der Waals surface area contributed by atoms with Gasteiger partial charge in [0.1, 0.15) is 0 Å². The fraction of sp³-hybridized carbons (Fsp3) is 0.667. The fourth-order valence-electron chi connectivity index (χ4n) is 0.472. The third-order valence-electron chi connectivity index (χ3n) is 0.932. The van der Waals surface area contributed by atoms with Crippen molar-refractivity contribution in [1.82, 2.24) is 10.4 Å². The Bertz CT molecular complexity index is 115. The molecule has 3 N–H and O–H groups in total. The van der Waals surface area contributed by atoms with Gasteiger partial charge in [0.15, 0.2) is 0 Å². The van der Waals surface area contributed by atoms with Crippen LogP contribution in [0.5, 0.6) is 0 Å². The van der Waals surface area contributed by atoms with E-state index in [0.29, 0.717) is 5.06 Å². The summed E-state index contributed by atoms with van der Waals surface area (Å²) in [6.07, 6.45) is -1.38. The van der Waals surface area contributed by atoms with Gasteiger partial charge in [0, 0.05) is 0 Å². The van der Waals surface area contributed by atoms with Crippen molar-refractivity contribution >= 4 is 5.91 Å². The summed E-state index contributed by atoms with van der Waals surface area (Å²) in [5, 5.41) is 19.7. The first-order valence-electron chi connectivity index (χ1n) is 2.13. The molecule has 5 heteroatoms. The molecular weight excluding hydrogens is 112 g/mol. The molecule has 1 heterocycles. The van der Waals surface area contributed by atoms with Crippen molar-refractivity contribution < 1.29 is 15.1 Å². The highest BCUT2D eigenvalue weighted by Crippen LogP contribution is 1.95. The standard InChI is InChI=1S/C3H6N2O3/c6-2-3(7)5(8)1-4-2/h3,7-8H,1H2,(H,4,6). The van der Waals surface area contributed by atoms with Gasteiger partial charge in [-0.1, -0.05) is 0 Å². The largest absolute Gasteiger partial charge is 0.368 e. The molecule has 46 valence electrons. The van der Waals surface area contributed by atoms with Crippen LogP contribution >= 0.6 is 0 Å². The number of aliphatic hydroxyl groups excluding tert-OH is 1. The summed E-state index contributed by atoms with van der Waals surface area (Å²) in [4.78, 5) is 10.2. The molecule has 1 aliphatic rings. The van der Waals surface area contributed by atoms with E-state index in [0.717, 1.165) is 0 Å². The van der Waals surface area contributed by atoms with E-state index in [1.54, 1.807) is 0 Å². The second kappa shape index (κ2) is 1.70. The molecule has 1 atom stereocenters. The number of aliphatic hydroxyl groups is 1. The van der Waals surface area contributed by atoms with Gasteiger partial charge in [-0.05, 0) is 0 Å². The van der Waals surface area contributed by atoms with Crippen molar-refractivity contribution in [2.45, 2.75) is 6.23 Å². The zero-order valence-corrected chi connectivity index (χ0v) is 4.03. The van der Waals surface area contributed by atoms with Gasteiger partial charge >= 0.3 is 0 Å². The highest BCUT2D eigenvalue weighted by atomic mass is 16.5. The Morgan fingerprint density at radius 3 is 2.62 bits per heavy atom. The highest BCUT2D eigenvalue weighted by Gasteiger charge is 2.28. The van der Waals surface area contributed by atoms with Crippen LogP contribution in [0.1, 0.15) is 0 Å². The number of amides is 1. The molecule has 0 saturated carbocycles. The van der Waals surface area contributed by atoms with Crippen LogP contribution in [0.3, 0.4) is 0 Å². The molecule has 0 spiro atoms. The number of carbonyl (C=O) groups is 1. The van der Waals surface area contributed by atoms with Crippen LogP contribution in [-0.4, -0.2) is 34.2 Å². The van der Waals surface area contributed by atoms with Crippen LogP contribution < -0.4 is 5.32 Å². The van der Waals surface area contributed by atoms with Gasteiger partial charge in [-0.15, -0.1) is 5.06 Å². The van der Waals surface area contributed by atoms with Crippen LogP contribution in [0.15, 0.2) is 0 Å². The van der Waals surface area contributed by atoms with Crippen LogP contribution in [0.2, 0.25) is 0 Å². The quantitative estimate of drug-likeness (QED) is 0.347. The predicted molar refractivity (Wildman–Crippen MR) is 22.6 cm³/mol. The Labute approximate surface area is 45.5 Å². The fourth-order valence-corrected chi connectivity index (χ4v) is 0.472. The van der Waals surface area contributed by atoms with Crippen LogP contribution in [-0.2, 0) is 4.79 Å². The minimum absolute atomic E-state index is 0. The van der Waals surface area contributed by atoms with Crippen molar-refractivity contribution in [3.8, 4) is 0 Å². The van der Waals surface area contributed by atoms with Gasteiger partial charge in [0.25, 0.3) is 5.91 Å². The Morgan fingerprint density at radius 2 is 2.50 bits per heavy atom. The summed E-state index contributed by atoms with van der Waals surface area (Å²) in [6, 6.07) is 0. The third-order valence-corrected chi connectivity index (χ3v) is 0.932. The van der Waals surface area contributed by atoms with E-state index in [4.69, 9.17) is 10.3 Å². The molecule has 0 aromatic rings. The monoisotopic (exact) mass is 118 g/mol. The normalized spacial score (nSPS) is 30.8. The second-order valence-electron chi connectivity index (χ2n) is 1.51. The molecule has 8 heavy (non-hydrogen) atoms. The molecular formula is C3H6N2O3. The number of carbonyl (C=O) groups excluding carboxylic acids is 1. The van der Waals surface area contributed by atoms with E-state index in [9.17, 15) is 4.79 Å². The average Bonchev–Trinajstić information content (AvgIpc) is 1.98. The third kappa shape index (κ3) is 0.664. The summed E-state index contributed by atoms with van der Waals surface area (Å²) in [6.45, 7) is 0. The van der Waals surface area contributed by atoms with Crippen molar-refractivity contribution in [3.63, 3.8) is 0 Å². The molecule has 1 saturated heterocycles. The van der Waals surface area contributed by atoms with Crippen molar-refractivity contribution in [1.29, 1.82) is 0 Å². The number of nitrogens with zero attached hydrogens (tertiary/aromatic N) is 1. The molecule has 0 aliphatic carbocycles. The zero-order valence-electron chi connectivity index (χ0n) is 4.03. The summed E-state index contributed by atoms with van der Waals surface area (Å²) >= 11 is 0. The smallest absolute Gasteiger partial charge is 0.267 e. The Kier molecular flexibility index (Phi) is 1.16. The number of hydroxylamine groups is 2. The topological polar surface area (TPSA) is 72.8 Å². The van der Waals surface area contributed by atoms with Gasteiger partial charge < -0.3 is 15.6 Å². The van der Waals surface area contributed by atoms with Gasteiger partial charge in [-0.25, -0.2) is 0 Å². The maximum Gasteiger partial charge on any atom is 0.267 e. The van der Waals surface area contributed by atoms with E-state index in [1.165, 1.54) is 0 Å². The van der Waals surface area contributed by atoms with Gasteiger partial charge in [0.2, 0.25) is 6.23 Å². The van der Waals surface area contributed by atoms with E-state index in [1.807, 2.05) is 0 Å². The lowest BCUT2D eigenvalue weighted by Gasteiger charge is -2.04. The minimum atomic E-state index is -1.38. The maximum absolute atomic E-state index is 10.2. The first kappa shape index (κ1) is 5.49. The predicted octanol–water partition coefficient (Wildman–Crippen LogP) is -1.92. The van der Waals surface area contributed by atoms with E-state index in [2.05, 4.69) is 5.32 Å². The summed E-state index contributed by atoms with van der Waals surface area (Å²) in [5.74, 6) is -0.562. The average molecular weight is 118 g/mol. The van der Waals surface area contributed by atoms with E-state index >= 15 is 0 Å². The Hall–Kier alpha value is -0.650. The van der Waals surface area contributed by atoms with Gasteiger partial charge in [-0.2, -0.15) is 0 Å². The molecule has 1 amide bonds. The van der Waals surface area contributed by atoms with Crippen LogP contribution in [0.4, 0.5) is 0 Å². The second-order valence-corrected chi connectivity index (χ2v) is 1.51. The van der Waals surface area contributed by atoms with Crippen LogP contribution in [0.25, 0.3) is 0 Å². The maximum atomic E-state index is 10.2. The molecule has 0 aromatic heterocycles. The molecule has 0 radical (unpaired) electrons. The first-order valence-corrected chi connectivity index (χ1v) is 2.13. The molecule has 1 rings (SSSR count). The summed E-state index contributed by atoms with van der Waals surface area (Å²) in [7, 11) is 0. The summed E-state index contributed by atoms with van der Waals surface area (Å²) < 4.78 is 0. The molecule has 0 aromatic carbocycles. The number of nitrogens with one attached hydrogen (secondary N) is 1. The Balaban J connectivity index is 2.56. The first-order chi connectivity index (χ1) is 3.72. The zero-order chi connectivity index (χ0) is 6.15. The molecule has 1 aliphatic heterocycles. The minimum Gasteiger partial charge on any atom is -0.368 e. The van der Waals surface area contributed by atoms with Crippen molar-refractivity contribution in [3.05, 3.63) is 0 Å². The number of hydrogen-bond donors (Lipinski definition) is 3. The molecule has 5 nitrogen and oxygen atoms in total. The molecule has 1 unspecified atom stereocenters. The Morgan fingerprint density at radius 1 is 1.88 bits per heavy atom. The SMILES string of the molecule is O=C1NCN(O)C1O. The van der Waals surface area contributed by atoms with E-state index in [-0.39, 0.29) is 6.67 Å². The lowest BCUT2D eigenvalue weighted by molar-refractivity contribution is -0.176. The summed E-state index contributed by atoms with van der Waals surface area (Å²) in [5.41, 5.74) is 0. The lowest BCUT2D eigenvalue weighted by atomic mass is 10.6. The van der Waals surface area contributed by atoms with Crippen molar-refractivity contribution in [2.24, 2.45) is 0 Å². The molecule has 0 bridgehead atoms. The lowest BCUT2D eigenvalue weighted by Crippen LogP contribution is -2.29. The number of hydrogen-bond acceptors (Lipinski definition) is 4. The van der Waals surface area contributed by atoms with Crippen molar-refractivity contribution in [2.75, 3.05) is 6.67 Å². The van der Waals surface area contributed by atoms with Gasteiger partial charge in [0.05, 0.1) is 6.67 Å². The highest BCUT2D eigenvalue weighted by molar-refractivity contribution is 5.81. The number of rotatable bonds is 0. The van der Waals surface area contributed by atoms with Crippen LogP contribution in [0, 0.1) is 0 Å². The van der Waals surface area contributed by atoms with E-state index < -0.39 is 12.1 Å².